The summed E-state index contributed by atoms with van der Waals surface area (Å²) < 4.78 is 2.66. The molecule has 7 heteroatoms. The van der Waals surface area contributed by atoms with Crippen molar-refractivity contribution in [3.05, 3.63) is 46.3 Å². The van der Waals surface area contributed by atoms with Gasteiger partial charge in [0.05, 0.1) is 11.9 Å². The molecule has 0 fully saturated rings. The molecule has 2 aromatic heterocycles. The van der Waals surface area contributed by atoms with Crippen LogP contribution < -0.4 is 11.1 Å². The van der Waals surface area contributed by atoms with Gasteiger partial charge in [0.15, 0.2) is 11.5 Å². The van der Waals surface area contributed by atoms with Gasteiger partial charge in [-0.1, -0.05) is 11.6 Å². The predicted molar refractivity (Wildman–Crippen MR) is 79.8 cm³/mol. The lowest BCUT2D eigenvalue weighted by Crippen LogP contribution is -2.02. The summed E-state index contributed by atoms with van der Waals surface area (Å²) in [5, 5.41) is 3.85. The highest BCUT2D eigenvalue weighted by atomic mass is 79.9. The fourth-order valence-corrected chi connectivity index (χ4v) is 2.54. The van der Waals surface area contributed by atoms with Crippen LogP contribution in [0.4, 0.5) is 17.3 Å². The van der Waals surface area contributed by atoms with Crippen molar-refractivity contribution in [2.45, 2.75) is 0 Å². The van der Waals surface area contributed by atoms with E-state index in [0.717, 1.165) is 10.2 Å². The van der Waals surface area contributed by atoms with Gasteiger partial charge in [-0.05, 0) is 34.1 Å². The number of anilines is 3. The number of rotatable bonds is 2. The maximum absolute atomic E-state index is 5.91. The molecular formula is C12H9BrClN5. The maximum Gasteiger partial charge on any atom is 0.180 e. The number of aromatic nitrogens is 3. The van der Waals surface area contributed by atoms with Gasteiger partial charge in [-0.2, -0.15) is 0 Å². The Labute approximate surface area is 122 Å². The van der Waals surface area contributed by atoms with E-state index in [4.69, 9.17) is 17.3 Å². The molecule has 3 aromatic rings. The molecule has 0 spiro atoms. The Kier molecular flexibility index (Phi) is 3.04. The van der Waals surface area contributed by atoms with Crippen molar-refractivity contribution in [3.8, 4) is 0 Å². The van der Waals surface area contributed by atoms with Crippen LogP contribution in [0.1, 0.15) is 0 Å². The summed E-state index contributed by atoms with van der Waals surface area (Å²) in [6, 6.07) is 5.46. The molecule has 0 radical (unpaired) electrons. The van der Waals surface area contributed by atoms with Gasteiger partial charge in [0, 0.05) is 21.9 Å². The zero-order chi connectivity index (χ0) is 13.4. The topological polar surface area (TPSA) is 68.2 Å². The number of halogens is 2. The molecule has 5 nitrogen and oxygen atoms in total. The van der Waals surface area contributed by atoms with Gasteiger partial charge in [0.1, 0.15) is 5.82 Å². The summed E-state index contributed by atoms with van der Waals surface area (Å²) in [4.78, 5) is 8.51. The van der Waals surface area contributed by atoms with Crippen LogP contribution >= 0.6 is 27.5 Å². The van der Waals surface area contributed by atoms with E-state index in [2.05, 4.69) is 31.2 Å². The second-order valence-corrected chi connectivity index (χ2v) is 5.21. The molecule has 19 heavy (non-hydrogen) atoms. The Bertz CT molecular complexity index is 755. The van der Waals surface area contributed by atoms with Gasteiger partial charge in [-0.3, -0.25) is 0 Å². The van der Waals surface area contributed by atoms with Crippen molar-refractivity contribution in [2.24, 2.45) is 0 Å². The van der Waals surface area contributed by atoms with Gasteiger partial charge in [-0.25, -0.2) is 9.97 Å². The summed E-state index contributed by atoms with van der Waals surface area (Å²) >= 11 is 9.36. The molecule has 0 amide bonds. The van der Waals surface area contributed by atoms with Gasteiger partial charge < -0.3 is 15.5 Å². The summed E-state index contributed by atoms with van der Waals surface area (Å²) in [6.45, 7) is 0. The highest BCUT2D eigenvalue weighted by molar-refractivity contribution is 9.10. The van der Waals surface area contributed by atoms with Gasteiger partial charge >= 0.3 is 0 Å². The standard InChI is InChI=1S/C12H9BrClN5/c13-8-5-7(14)1-2-9(8)17-11-12-16-3-4-19(12)6-10(15)18-11/h1-6H,15H2,(H,17,18). The van der Waals surface area contributed by atoms with Crippen LogP contribution in [0, 0.1) is 0 Å². The molecule has 3 rings (SSSR count). The van der Waals surface area contributed by atoms with E-state index in [-0.39, 0.29) is 0 Å². The fraction of sp³-hybridized carbons (Fsp3) is 0. The Hall–Kier alpha value is -1.79. The summed E-state index contributed by atoms with van der Waals surface area (Å²) in [5.74, 6) is 1.01. The van der Waals surface area contributed by atoms with Crippen molar-refractivity contribution in [3.63, 3.8) is 0 Å². The van der Waals surface area contributed by atoms with E-state index in [0.29, 0.717) is 22.3 Å². The average Bonchev–Trinajstić information content (AvgIpc) is 2.80. The number of hydrogen-bond acceptors (Lipinski definition) is 4. The van der Waals surface area contributed by atoms with E-state index >= 15 is 0 Å². The SMILES string of the molecule is Nc1cn2ccnc2c(Nc2ccc(Cl)cc2Br)n1. The van der Waals surface area contributed by atoms with Crippen molar-refractivity contribution in [2.75, 3.05) is 11.1 Å². The van der Waals surface area contributed by atoms with Crippen molar-refractivity contribution >= 4 is 50.5 Å². The Morgan fingerprint density at radius 3 is 3.00 bits per heavy atom. The largest absolute Gasteiger partial charge is 0.382 e. The molecule has 3 N–H and O–H groups in total. The normalized spacial score (nSPS) is 10.8. The van der Waals surface area contributed by atoms with Crippen molar-refractivity contribution in [1.82, 2.24) is 14.4 Å². The second kappa shape index (κ2) is 4.71. The van der Waals surface area contributed by atoms with Crippen molar-refractivity contribution < 1.29 is 0 Å². The van der Waals surface area contributed by atoms with Crippen LogP contribution in [0.3, 0.4) is 0 Å². The number of nitrogens with zero attached hydrogens (tertiary/aromatic N) is 3. The first-order valence-corrected chi connectivity index (χ1v) is 6.62. The minimum absolute atomic E-state index is 0.415. The first kappa shape index (κ1) is 12.3. The smallest absolute Gasteiger partial charge is 0.180 e. The van der Waals surface area contributed by atoms with Crippen LogP contribution in [0.5, 0.6) is 0 Å². The molecule has 0 bridgehead atoms. The van der Waals surface area contributed by atoms with Gasteiger partial charge in [0.25, 0.3) is 0 Å². The molecule has 0 saturated heterocycles. The maximum atomic E-state index is 5.91. The first-order valence-electron chi connectivity index (χ1n) is 5.45. The Morgan fingerprint density at radius 1 is 1.37 bits per heavy atom. The second-order valence-electron chi connectivity index (χ2n) is 3.92. The molecule has 2 heterocycles. The van der Waals surface area contributed by atoms with Gasteiger partial charge in [-0.15, -0.1) is 0 Å². The molecule has 0 saturated carbocycles. The zero-order valence-electron chi connectivity index (χ0n) is 9.64. The molecule has 0 aliphatic heterocycles. The minimum atomic E-state index is 0.415. The van der Waals surface area contributed by atoms with E-state index in [1.807, 2.05) is 16.7 Å². The van der Waals surface area contributed by atoms with Crippen LogP contribution in [0.2, 0.25) is 5.02 Å². The van der Waals surface area contributed by atoms with E-state index in [1.165, 1.54) is 0 Å². The van der Waals surface area contributed by atoms with Crippen molar-refractivity contribution in [1.29, 1.82) is 0 Å². The van der Waals surface area contributed by atoms with E-state index in [1.54, 1.807) is 24.5 Å². The highest BCUT2D eigenvalue weighted by Gasteiger charge is 2.08. The number of fused-ring (bicyclic) bond motifs is 1. The quantitative estimate of drug-likeness (QED) is 0.751. The predicted octanol–water partition coefficient (Wildman–Crippen LogP) is 3.47. The first-order chi connectivity index (χ1) is 9.13. The number of benzene rings is 1. The van der Waals surface area contributed by atoms with Crippen LogP contribution in [0.15, 0.2) is 41.3 Å². The monoisotopic (exact) mass is 337 g/mol. The minimum Gasteiger partial charge on any atom is -0.382 e. The third-order valence-corrected chi connectivity index (χ3v) is 3.47. The van der Waals surface area contributed by atoms with Crippen LogP contribution in [-0.2, 0) is 0 Å². The summed E-state index contributed by atoms with van der Waals surface area (Å²) in [6.07, 6.45) is 5.22. The molecule has 0 unspecified atom stereocenters. The highest BCUT2D eigenvalue weighted by Crippen LogP contribution is 2.29. The Morgan fingerprint density at radius 2 is 2.21 bits per heavy atom. The summed E-state index contributed by atoms with van der Waals surface area (Å²) in [5.41, 5.74) is 7.31. The molecule has 1 aromatic carbocycles. The number of nitrogens with two attached hydrogens (primary N) is 1. The third-order valence-electron chi connectivity index (χ3n) is 2.58. The fourth-order valence-electron chi connectivity index (χ4n) is 1.75. The van der Waals surface area contributed by atoms with E-state index in [9.17, 15) is 0 Å². The van der Waals surface area contributed by atoms with Crippen LogP contribution in [0.25, 0.3) is 5.65 Å². The lowest BCUT2D eigenvalue weighted by atomic mass is 10.3. The molecular weight excluding hydrogens is 330 g/mol. The Balaban J connectivity index is 2.07. The molecule has 96 valence electrons. The number of hydrogen-bond donors (Lipinski definition) is 2. The molecule has 0 aliphatic rings. The molecule has 0 aliphatic carbocycles. The third kappa shape index (κ3) is 2.36. The number of nitrogen functional groups attached to an aromatic ring is 1. The number of imidazole rings is 1. The zero-order valence-corrected chi connectivity index (χ0v) is 12.0. The van der Waals surface area contributed by atoms with E-state index < -0.39 is 0 Å². The average molecular weight is 339 g/mol. The van der Waals surface area contributed by atoms with Crippen LogP contribution in [-0.4, -0.2) is 14.4 Å². The lowest BCUT2D eigenvalue weighted by Gasteiger charge is -2.09. The number of nitrogens with one attached hydrogen (secondary N) is 1. The lowest BCUT2D eigenvalue weighted by molar-refractivity contribution is 1.14. The molecule has 0 atom stereocenters. The van der Waals surface area contributed by atoms with Gasteiger partial charge in [0.2, 0.25) is 0 Å². The summed E-state index contributed by atoms with van der Waals surface area (Å²) in [7, 11) is 0.